The molecule has 0 aromatic heterocycles. The van der Waals surface area contributed by atoms with Gasteiger partial charge in [-0.2, -0.15) is 0 Å². The Bertz CT molecular complexity index is 193. The van der Waals surface area contributed by atoms with Crippen LogP contribution in [0.5, 0.6) is 0 Å². The van der Waals surface area contributed by atoms with Crippen LogP contribution in [0.4, 0.5) is 0 Å². The molecule has 0 aliphatic carbocycles. The molecule has 1 rings (SSSR count). The first-order valence-electron chi connectivity index (χ1n) is 2.53. The molecule has 1 heterocycles. The highest BCUT2D eigenvalue weighted by molar-refractivity contribution is 5.95. The van der Waals surface area contributed by atoms with E-state index in [9.17, 15) is 4.79 Å². The summed E-state index contributed by atoms with van der Waals surface area (Å²) in [5.74, 6) is -0.969. The van der Waals surface area contributed by atoms with E-state index in [4.69, 9.17) is 5.11 Å². The fourth-order valence-electron chi connectivity index (χ4n) is 0.579. The van der Waals surface area contributed by atoms with Crippen LogP contribution < -0.4 is 0 Å². The summed E-state index contributed by atoms with van der Waals surface area (Å²) in [5.41, 5.74) is 0.882. The van der Waals surface area contributed by atoms with E-state index in [1.807, 2.05) is 0 Å². The second-order valence-corrected chi connectivity index (χ2v) is 1.84. The average molecular weight is 124 g/mol. The van der Waals surface area contributed by atoms with Crippen LogP contribution >= 0.6 is 0 Å². The third-order valence-electron chi connectivity index (χ3n) is 0.991. The Morgan fingerprint density at radius 2 is 2.44 bits per heavy atom. The summed E-state index contributed by atoms with van der Waals surface area (Å²) in [7, 11) is 0. The lowest BCUT2D eigenvalue weighted by molar-refractivity contribution is -0.134. The molecule has 0 aromatic rings. The molecular formula is C6H6NO2. The van der Waals surface area contributed by atoms with Crippen LogP contribution in [0.1, 0.15) is 6.92 Å². The first kappa shape index (κ1) is 6.01. The van der Waals surface area contributed by atoms with Crippen molar-refractivity contribution in [2.45, 2.75) is 6.92 Å². The molecule has 3 heteroatoms. The molecule has 0 fully saturated rings. The Labute approximate surface area is 52.7 Å². The molecule has 0 amide bonds. The summed E-state index contributed by atoms with van der Waals surface area (Å²) < 4.78 is 0. The van der Waals surface area contributed by atoms with Gasteiger partial charge >= 0.3 is 5.97 Å². The summed E-state index contributed by atoms with van der Waals surface area (Å²) >= 11 is 0. The summed E-state index contributed by atoms with van der Waals surface area (Å²) in [4.78, 5) is 13.8. The Kier molecular flexibility index (Phi) is 1.34. The van der Waals surface area contributed by atoms with Gasteiger partial charge < -0.3 is 5.11 Å². The molecular weight excluding hydrogens is 118 g/mol. The normalized spacial score (nSPS) is 18.1. The molecule has 0 spiro atoms. The Hall–Kier alpha value is -1.12. The molecule has 47 valence electrons. The predicted octanol–water partition coefficient (Wildman–Crippen LogP) is 0.634. The molecule has 1 radical (unpaired) electrons. The van der Waals surface area contributed by atoms with Gasteiger partial charge in [0, 0.05) is 6.21 Å². The van der Waals surface area contributed by atoms with Crippen molar-refractivity contribution in [1.29, 1.82) is 0 Å². The van der Waals surface area contributed by atoms with E-state index in [1.165, 1.54) is 12.3 Å². The zero-order valence-corrected chi connectivity index (χ0v) is 4.96. The van der Waals surface area contributed by atoms with Crippen molar-refractivity contribution in [3.8, 4) is 0 Å². The fraction of sp³-hybridized carbons (Fsp3) is 0.167. The van der Waals surface area contributed by atoms with Crippen molar-refractivity contribution in [3.63, 3.8) is 0 Å². The standard InChI is InChI=1S/C6H6NO2/c1-4-2-5(6(8)9)7-3-4/h2-3H,1H3,(H,8,9). The molecule has 9 heavy (non-hydrogen) atoms. The predicted molar refractivity (Wildman–Crippen MR) is 33.1 cm³/mol. The van der Waals surface area contributed by atoms with E-state index in [-0.39, 0.29) is 6.04 Å². The monoisotopic (exact) mass is 124 g/mol. The highest BCUT2D eigenvalue weighted by Gasteiger charge is 2.16. The van der Waals surface area contributed by atoms with E-state index >= 15 is 0 Å². The molecule has 0 saturated carbocycles. The lowest BCUT2D eigenvalue weighted by atomic mass is 10.2. The molecule has 3 nitrogen and oxygen atoms in total. The highest BCUT2D eigenvalue weighted by Crippen LogP contribution is 2.12. The summed E-state index contributed by atoms with van der Waals surface area (Å²) in [5, 5.41) is 8.34. The van der Waals surface area contributed by atoms with Gasteiger partial charge in [-0.05, 0) is 18.6 Å². The quantitative estimate of drug-likeness (QED) is 0.557. The van der Waals surface area contributed by atoms with Crippen LogP contribution in [0, 0.1) is 6.04 Å². The number of carboxylic acids is 1. The smallest absolute Gasteiger partial charge is 0.339 e. The fourth-order valence-corrected chi connectivity index (χ4v) is 0.579. The molecule has 0 aromatic carbocycles. The number of nitrogens with zero attached hydrogens (tertiary/aromatic N) is 1. The van der Waals surface area contributed by atoms with Crippen LogP contribution in [-0.4, -0.2) is 17.3 Å². The van der Waals surface area contributed by atoms with Gasteiger partial charge in [0.2, 0.25) is 6.04 Å². The first-order valence-corrected chi connectivity index (χ1v) is 2.53. The van der Waals surface area contributed by atoms with Crippen molar-refractivity contribution < 1.29 is 9.90 Å². The van der Waals surface area contributed by atoms with E-state index in [0.717, 1.165) is 5.57 Å². The Balaban J connectivity index is 2.70. The van der Waals surface area contributed by atoms with Crippen molar-refractivity contribution >= 4 is 12.2 Å². The molecule has 1 aliphatic heterocycles. The van der Waals surface area contributed by atoms with Crippen molar-refractivity contribution in [2.24, 2.45) is 4.99 Å². The van der Waals surface area contributed by atoms with Crippen LogP contribution in [0.15, 0.2) is 16.6 Å². The maximum atomic E-state index is 10.2. The van der Waals surface area contributed by atoms with Gasteiger partial charge in [0.05, 0.1) is 0 Å². The second-order valence-electron chi connectivity index (χ2n) is 1.84. The largest absolute Gasteiger partial charge is 0.479 e. The highest BCUT2D eigenvalue weighted by atomic mass is 16.4. The zero-order chi connectivity index (χ0) is 6.85. The number of carbonyl (C=O) groups is 1. The number of hydrogen-bond donors (Lipinski definition) is 1. The minimum Gasteiger partial charge on any atom is -0.479 e. The van der Waals surface area contributed by atoms with Crippen molar-refractivity contribution in [3.05, 3.63) is 17.7 Å². The Morgan fingerprint density at radius 1 is 1.78 bits per heavy atom. The number of aliphatic imine (C=N–C) groups is 1. The first-order chi connectivity index (χ1) is 4.20. The van der Waals surface area contributed by atoms with Crippen LogP contribution in [0.3, 0.4) is 0 Å². The third kappa shape index (κ3) is 1.16. The van der Waals surface area contributed by atoms with E-state index in [1.54, 1.807) is 6.92 Å². The minimum absolute atomic E-state index is 0.118. The summed E-state index contributed by atoms with van der Waals surface area (Å²) in [6.07, 6.45) is 3.06. The number of allylic oxidation sites excluding steroid dienone is 1. The summed E-state index contributed by atoms with van der Waals surface area (Å²) in [6, 6.07) is 0.118. The SMILES string of the molecule is CC1=C[C](C(=O)O)N=C1. The zero-order valence-electron chi connectivity index (χ0n) is 4.96. The van der Waals surface area contributed by atoms with Gasteiger partial charge in [-0.3, -0.25) is 4.99 Å². The van der Waals surface area contributed by atoms with Gasteiger partial charge in [-0.25, -0.2) is 4.79 Å². The molecule has 1 aliphatic rings. The number of hydrogen-bond acceptors (Lipinski definition) is 2. The molecule has 0 bridgehead atoms. The van der Waals surface area contributed by atoms with Crippen LogP contribution in [0.25, 0.3) is 0 Å². The third-order valence-corrected chi connectivity index (χ3v) is 0.991. The maximum Gasteiger partial charge on any atom is 0.339 e. The Morgan fingerprint density at radius 3 is 2.67 bits per heavy atom. The van der Waals surface area contributed by atoms with Crippen molar-refractivity contribution in [2.75, 3.05) is 0 Å². The number of carboxylic acid groups (broad SMARTS) is 1. The van der Waals surface area contributed by atoms with Gasteiger partial charge in [0.25, 0.3) is 0 Å². The average Bonchev–Trinajstić information content (AvgIpc) is 2.14. The summed E-state index contributed by atoms with van der Waals surface area (Å²) in [6.45, 7) is 1.80. The van der Waals surface area contributed by atoms with Crippen LogP contribution in [0.2, 0.25) is 0 Å². The van der Waals surface area contributed by atoms with Gasteiger partial charge in [-0.1, -0.05) is 0 Å². The van der Waals surface area contributed by atoms with E-state index < -0.39 is 5.97 Å². The topological polar surface area (TPSA) is 49.7 Å². The lowest BCUT2D eigenvalue weighted by Gasteiger charge is -1.90. The number of rotatable bonds is 1. The van der Waals surface area contributed by atoms with E-state index in [0.29, 0.717) is 0 Å². The lowest BCUT2D eigenvalue weighted by Crippen LogP contribution is -2.02. The van der Waals surface area contributed by atoms with Crippen LogP contribution in [-0.2, 0) is 4.79 Å². The maximum absolute atomic E-state index is 10.2. The molecule has 0 unspecified atom stereocenters. The molecule has 0 saturated heterocycles. The van der Waals surface area contributed by atoms with Gasteiger partial charge in [0.1, 0.15) is 0 Å². The molecule has 1 N–H and O–H groups in total. The number of aliphatic carboxylic acids is 1. The van der Waals surface area contributed by atoms with Gasteiger partial charge in [-0.15, -0.1) is 0 Å². The van der Waals surface area contributed by atoms with Crippen molar-refractivity contribution in [1.82, 2.24) is 0 Å². The van der Waals surface area contributed by atoms with Gasteiger partial charge in [0.15, 0.2) is 0 Å². The minimum atomic E-state index is -0.969. The van der Waals surface area contributed by atoms with E-state index in [2.05, 4.69) is 4.99 Å². The molecule has 0 atom stereocenters. The second kappa shape index (κ2) is 2.01.